The van der Waals surface area contributed by atoms with Crippen LogP contribution in [0.15, 0.2) is 36.4 Å². The van der Waals surface area contributed by atoms with Crippen LogP contribution in [-0.4, -0.2) is 54.2 Å². The number of sulfonamides is 1. The fraction of sp³-hybridized carbons (Fsp3) is 0.474. The van der Waals surface area contributed by atoms with Crippen molar-refractivity contribution >= 4 is 10.0 Å². The molecule has 1 aliphatic rings. The molecule has 0 atom stereocenters. The van der Waals surface area contributed by atoms with Crippen LogP contribution < -0.4 is 9.47 Å². The maximum atomic E-state index is 12.5. The van der Waals surface area contributed by atoms with Gasteiger partial charge in [0.25, 0.3) is 0 Å². The Bertz CT molecular complexity index is 830. The van der Waals surface area contributed by atoms with Crippen LogP contribution in [0.4, 0.5) is 0 Å². The fourth-order valence-electron chi connectivity index (χ4n) is 3.05. The maximum Gasteiger partial charge on any atom is 0.217 e. The summed E-state index contributed by atoms with van der Waals surface area (Å²) in [6.07, 6.45) is 1.24. The number of hydrogen-bond donors (Lipinski definition) is 0. The van der Waals surface area contributed by atoms with E-state index in [0.717, 1.165) is 5.69 Å². The van der Waals surface area contributed by atoms with E-state index in [2.05, 4.69) is 9.97 Å². The number of hydrogen-bond acceptors (Lipinski definition) is 6. The highest BCUT2D eigenvalue weighted by molar-refractivity contribution is 7.89. The summed E-state index contributed by atoms with van der Waals surface area (Å²) < 4.78 is 38.0. The molecule has 3 rings (SSSR count). The van der Waals surface area contributed by atoms with Gasteiger partial charge in [0.05, 0.1) is 5.75 Å². The predicted octanol–water partition coefficient (Wildman–Crippen LogP) is 2.35. The zero-order valence-electron chi connectivity index (χ0n) is 15.7. The molecule has 0 saturated carbocycles. The molecule has 0 bridgehead atoms. The van der Waals surface area contributed by atoms with E-state index < -0.39 is 10.0 Å². The average molecular weight is 391 g/mol. The molecule has 1 aromatic carbocycles. The van der Waals surface area contributed by atoms with Gasteiger partial charge in [-0.2, -0.15) is 4.98 Å². The van der Waals surface area contributed by atoms with Gasteiger partial charge in [-0.15, -0.1) is 0 Å². The quantitative estimate of drug-likeness (QED) is 0.721. The SMILES string of the molecule is Cc1cc(OC2CCN(S(=O)(=O)CCOc3ccccc3)CC2)nc(C)n1. The molecule has 0 spiro atoms. The van der Waals surface area contributed by atoms with E-state index in [-0.39, 0.29) is 18.5 Å². The molecular formula is C19H25N3O4S. The Morgan fingerprint density at radius 3 is 2.48 bits per heavy atom. The molecule has 2 aromatic rings. The van der Waals surface area contributed by atoms with Crippen molar-refractivity contribution in [2.75, 3.05) is 25.4 Å². The van der Waals surface area contributed by atoms with E-state index in [1.807, 2.05) is 44.2 Å². The van der Waals surface area contributed by atoms with Gasteiger partial charge in [0.2, 0.25) is 15.9 Å². The number of piperidine rings is 1. The van der Waals surface area contributed by atoms with Gasteiger partial charge in [-0.3, -0.25) is 0 Å². The largest absolute Gasteiger partial charge is 0.492 e. The number of rotatable bonds is 7. The third-order valence-corrected chi connectivity index (χ3v) is 6.21. The minimum absolute atomic E-state index is 0.0300. The molecule has 2 heterocycles. The summed E-state index contributed by atoms with van der Waals surface area (Å²) in [6.45, 7) is 4.76. The lowest BCUT2D eigenvalue weighted by Gasteiger charge is -2.31. The summed E-state index contributed by atoms with van der Waals surface area (Å²) in [4.78, 5) is 8.52. The Morgan fingerprint density at radius 1 is 1.11 bits per heavy atom. The molecular weight excluding hydrogens is 366 g/mol. The van der Waals surface area contributed by atoms with Crippen LogP contribution in [0.2, 0.25) is 0 Å². The van der Waals surface area contributed by atoms with Gasteiger partial charge in [0.1, 0.15) is 24.3 Å². The van der Waals surface area contributed by atoms with Crippen molar-refractivity contribution in [2.45, 2.75) is 32.8 Å². The highest BCUT2D eigenvalue weighted by Crippen LogP contribution is 2.20. The molecule has 0 aliphatic carbocycles. The summed E-state index contributed by atoms with van der Waals surface area (Å²) in [6, 6.07) is 11.0. The van der Waals surface area contributed by atoms with Gasteiger partial charge >= 0.3 is 0 Å². The number of aryl methyl sites for hydroxylation is 2. The summed E-state index contributed by atoms with van der Waals surface area (Å²) in [5.41, 5.74) is 0.857. The zero-order valence-corrected chi connectivity index (χ0v) is 16.5. The fourth-order valence-corrected chi connectivity index (χ4v) is 4.37. The lowest BCUT2D eigenvalue weighted by molar-refractivity contribution is 0.129. The minimum atomic E-state index is -3.34. The highest BCUT2D eigenvalue weighted by atomic mass is 32.2. The van der Waals surface area contributed by atoms with Gasteiger partial charge in [-0.05, 0) is 38.8 Å². The number of benzene rings is 1. The Morgan fingerprint density at radius 2 is 1.81 bits per heavy atom. The smallest absolute Gasteiger partial charge is 0.217 e. The minimum Gasteiger partial charge on any atom is -0.492 e. The molecule has 0 unspecified atom stereocenters. The molecule has 1 aromatic heterocycles. The molecule has 0 amide bonds. The van der Waals surface area contributed by atoms with E-state index in [0.29, 0.717) is 43.4 Å². The predicted molar refractivity (Wildman–Crippen MR) is 102 cm³/mol. The van der Waals surface area contributed by atoms with Crippen molar-refractivity contribution in [1.82, 2.24) is 14.3 Å². The first-order valence-electron chi connectivity index (χ1n) is 9.07. The monoisotopic (exact) mass is 391 g/mol. The Kier molecular flexibility index (Phi) is 6.28. The van der Waals surface area contributed by atoms with Crippen molar-refractivity contribution in [3.8, 4) is 11.6 Å². The topological polar surface area (TPSA) is 81.6 Å². The summed E-state index contributed by atoms with van der Waals surface area (Å²) >= 11 is 0. The van der Waals surface area contributed by atoms with Crippen LogP contribution in [0, 0.1) is 13.8 Å². The molecule has 8 heteroatoms. The van der Waals surface area contributed by atoms with E-state index in [4.69, 9.17) is 9.47 Å². The summed E-state index contributed by atoms with van der Waals surface area (Å²) in [5.74, 6) is 1.87. The second-order valence-corrected chi connectivity index (χ2v) is 8.68. The van der Waals surface area contributed by atoms with Crippen LogP contribution in [0.5, 0.6) is 11.6 Å². The van der Waals surface area contributed by atoms with Crippen molar-refractivity contribution in [3.63, 3.8) is 0 Å². The first-order valence-corrected chi connectivity index (χ1v) is 10.7. The number of ether oxygens (including phenoxy) is 2. The zero-order chi connectivity index (χ0) is 19.3. The third kappa shape index (κ3) is 5.64. The normalized spacial score (nSPS) is 16.2. The Balaban J connectivity index is 1.47. The first-order chi connectivity index (χ1) is 12.9. The van der Waals surface area contributed by atoms with E-state index in [9.17, 15) is 8.42 Å². The van der Waals surface area contributed by atoms with Crippen molar-refractivity contribution in [2.24, 2.45) is 0 Å². The van der Waals surface area contributed by atoms with Gasteiger partial charge in [0, 0.05) is 24.8 Å². The van der Waals surface area contributed by atoms with Gasteiger partial charge < -0.3 is 9.47 Å². The molecule has 1 aliphatic heterocycles. The van der Waals surface area contributed by atoms with Crippen LogP contribution in [0.3, 0.4) is 0 Å². The van der Waals surface area contributed by atoms with Crippen molar-refractivity contribution in [1.29, 1.82) is 0 Å². The second kappa shape index (κ2) is 8.67. The third-order valence-electron chi connectivity index (χ3n) is 4.38. The van der Waals surface area contributed by atoms with Gasteiger partial charge in [-0.1, -0.05) is 18.2 Å². The van der Waals surface area contributed by atoms with Crippen molar-refractivity contribution in [3.05, 3.63) is 47.9 Å². The number of para-hydroxylation sites is 1. The highest BCUT2D eigenvalue weighted by Gasteiger charge is 2.29. The maximum absolute atomic E-state index is 12.5. The lowest BCUT2D eigenvalue weighted by Crippen LogP contribution is -2.43. The number of nitrogens with zero attached hydrogens (tertiary/aromatic N) is 3. The molecule has 7 nitrogen and oxygen atoms in total. The van der Waals surface area contributed by atoms with Crippen LogP contribution >= 0.6 is 0 Å². The van der Waals surface area contributed by atoms with E-state index >= 15 is 0 Å². The standard InChI is InChI=1S/C19H25N3O4S/c1-15-14-19(21-16(2)20-15)26-18-8-10-22(11-9-18)27(23,24)13-12-25-17-6-4-3-5-7-17/h3-7,14,18H,8-13H2,1-2H3. The lowest BCUT2D eigenvalue weighted by atomic mass is 10.1. The van der Waals surface area contributed by atoms with Crippen molar-refractivity contribution < 1.29 is 17.9 Å². The summed E-state index contributed by atoms with van der Waals surface area (Å²) in [5, 5.41) is 0. The van der Waals surface area contributed by atoms with Crippen LogP contribution in [0.1, 0.15) is 24.4 Å². The molecule has 1 saturated heterocycles. The molecule has 0 N–H and O–H groups in total. The van der Waals surface area contributed by atoms with E-state index in [1.165, 1.54) is 4.31 Å². The molecule has 27 heavy (non-hydrogen) atoms. The Hall–Kier alpha value is -2.19. The van der Waals surface area contributed by atoms with Crippen LogP contribution in [-0.2, 0) is 10.0 Å². The molecule has 1 fully saturated rings. The molecule has 146 valence electrons. The Labute approximate surface area is 160 Å². The van der Waals surface area contributed by atoms with E-state index in [1.54, 1.807) is 6.07 Å². The van der Waals surface area contributed by atoms with Gasteiger partial charge in [0.15, 0.2) is 0 Å². The number of aromatic nitrogens is 2. The molecule has 0 radical (unpaired) electrons. The van der Waals surface area contributed by atoms with Gasteiger partial charge in [-0.25, -0.2) is 17.7 Å². The first kappa shape index (κ1) is 19.6. The van der Waals surface area contributed by atoms with Crippen LogP contribution in [0.25, 0.3) is 0 Å². The second-order valence-electron chi connectivity index (χ2n) is 6.59. The average Bonchev–Trinajstić information content (AvgIpc) is 2.62. The summed E-state index contributed by atoms with van der Waals surface area (Å²) in [7, 11) is -3.34.